The number of hydrogen-bond acceptors (Lipinski definition) is 18. The van der Waals surface area contributed by atoms with Gasteiger partial charge in [-0.2, -0.15) is 0 Å². The lowest BCUT2D eigenvalue weighted by atomic mass is 10.0. The van der Waals surface area contributed by atoms with Crippen LogP contribution in [0.2, 0.25) is 0 Å². The van der Waals surface area contributed by atoms with Crippen LogP contribution in [0.3, 0.4) is 0 Å². The monoisotopic (exact) mass is 750 g/mol. The van der Waals surface area contributed by atoms with Crippen molar-refractivity contribution in [3.63, 3.8) is 0 Å². The molecule has 0 aromatic carbocycles. The molecule has 0 bridgehead atoms. The van der Waals surface area contributed by atoms with Gasteiger partial charge in [0.1, 0.15) is 75.3 Å². The van der Waals surface area contributed by atoms with Crippen molar-refractivity contribution in [3.8, 4) is 0 Å². The molecule has 0 saturated carbocycles. The lowest BCUT2D eigenvalue weighted by Crippen LogP contribution is -2.53. The molecule has 0 radical (unpaired) electrons. The van der Waals surface area contributed by atoms with Gasteiger partial charge in [0.2, 0.25) is 0 Å². The van der Waals surface area contributed by atoms with Gasteiger partial charge in [-0.3, -0.25) is 0 Å². The molecule has 0 aliphatic carbocycles. The van der Waals surface area contributed by atoms with Crippen molar-refractivity contribution in [2.45, 2.75) is 76.5 Å². The van der Waals surface area contributed by atoms with Gasteiger partial charge in [0.05, 0.1) is 39.6 Å². The van der Waals surface area contributed by atoms with E-state index in [0.29, 0.717) is 0 Å². The van der Waals surface area contributed by atoms with Crippen LogP contribution in [-0.4, -0.2) is 169 Å². The van der Waals surface area contributed by atoms with Crippen LogP contribution in [0.5, 0.6) is 0 Å². The number of esters is 4. The van der Waals surface area contributed by atoms with Crippen LogP contribution in [0.15, 0.2) is 48.6 Å². The van der Waals surface area contributed by atoms with Crippen molar-refractivity contribution in [1.29, 1.82) is 0 Å². The number of rotatable bonds is 29. The lowest BCUT2D eigenvalue weighted by Gasteiger charge is -2.36. The molecule has 52 heavy (non-hydrogen) atoms. The average molecular weight is 751 g/mol. The quantitative estimate of drug-likeness (QED) is 0.0287. The smallest absolute Gasteiger partial charge is 0.333 e. The Morgan fingerprint density at radius 3 is 1.10 bits per heavy atom. The van der Waals surface area contributed by atoms with E-state index in [1.54, 1.807) is 0 Å². The highest BCUT2D eigenvalue weighted by Gasteiger charge is 2.38. The second-order valence-electron chi connectivity index (χ2n) is 11.9. The summed E-state index contributed by atoms with van der Waals surface area (Å²) in [5, 5.41) is 62.4. The van der Waals surface area contributed by atoms with Crippen molar-refractivity contribution >= 4 is 23.9 Å². The maximum atomic E-state index is 11.8. The molecule has 0 aliphatic heterocycles. The molecule has 8 atom stereocenters. The molecule has 0 amide bonds. The number of carbonyl (C=O) groups excluding carboxylic acids is 4. The highest BCUT2D eigenvalue weighted by atomic mass is 16.6. The summed E-state index contributed by atoms with van der Waals surface area (Å²) in [6.07, 6.45) is -12.0. The predicted molar refractivity (Wildman–Crippen MR) is 180 cm³/mol. The van der Waals surface area contributed by atoms with Crippen LogP contribution in [0.4, 0.5) is 0 Å². The Balaban J connectivity index is 6.31. The first kappa shape index (κ1) is 48.4. The standard InChI is InChI=1S/C34H54O18/c1-19(2)31(41)49-14-23(36)10-45-18-28(46-11-24(37)15-50-32(42)20(3)4)30(48-13-26(39)17-52-34(44)22(7)8)29(27(40)9-35)47-12-25(38)16-51-33(43)21(5)6/h23-30,35-40H,1,3,5,7,9-18H2,2,4,6,8H3/t23?,24?,25?,26?,27-,28-,29-,30-/m1/s1. The molecule has 4 unspecified atom stereocenters. The summed E-state index contributed by atoms with van der Waals surface area (Å²) in [5.41, 5.74) is 0.298. The van der Waals surface area contributed by atoms with Crippen molar-refractivity contribution in [1.82, 2.24) is 0 Å². The van der Waals surface area contributed by atoms with Gasteiger partial charge in [0.25, 0.3) is 0 Å². The van der Waals surface area contributed by atoms with Crippen molar-refractivity contribution in [2.75, 3.05) is 66.1 Å². The maximum absolute atomic E-state index is 11.8. The third-order valence-corrected chi connectivity index (χ3v) is 6.33. The first-order chi connectivity index (χ1) is 24.3. The third-order valence-electron chi connectivity index (χ3n) is 6.33. The Morgan fingerprint density at radius 2 is 0.769 bits per heavy atom. The van der Waals surface area contributed by atoms with Gasteiger partial charge in [-0.15, -0.1) is 0 Å². The fourth-order valence-corrected chi connectivity index (χ4v) is 3.55. The Labute approximate surface area is 302 Å². The van der Waals surface area contributed by atoms with E-state index in [0.717, 1.165) is 0 Å². The lowest BCUT2D eigenvalue weighted by molar-refractivity contribution is -0.206. The molecular weight excluding hydrogens is 696 g/mol. The number of aliphatic hydroxyl groups is 6. The zero-order valence-electron chi connectivity index (χ0n) is 30.1. The minimum absolute atomic E-state index is 0.0627. The Bertz CT molecular complexity index is 1180. The van der Waals surface area contributed by atoms with Gasteiger partial charge in [-0.05, 0) is 27.7 Å². The van der Waals surface area contributed by atoms with Gasteiger partial charge >= 0.3 is 23.9 Å². The molecule has 0 aromatic heterocycles. The summed E-state index contributed by atoms with van der Waals surface area (Å²) in [7, 11) is 0. The fraction of sp³-hybridized carbons (Fsp3) is 0.647. The van der Waals surface area contributed by atoms with Gasteiger partial charge < -0.3 is 68.5 Å². The molecule has 6 N–H and O–H groups in total. The average Bonchev–Trinajstić information content (AvgIpc) is 3.09. The molecular formula is C34H54O18. The molecule has 0 rings (SSSR count). The highest BCUT2D eigenvalue weighted by molar-refractivity contribution is 5.88. The van der Waals surface area contributed by atoms with Crippen LogP contribution >= 0.6 is 0 Å². The van der Waals surface area contributed by atoms with E-state index in [-0.39, 0.29) is 22.3 Å². The zero-order valence-corrected chi connectivity index (χ0v) is 30.1. The van der Waals surface area contributed by atoms with Gasteiger partial charge in [0.15, 0.2) is 0 Å². The molecule has 0 saturated heterocycles. The fourth-order valence-electron chi connectivity index (χ4n) is 3.55. The van der Waals surface area contributed by atoms with E-state index < -0.39 is 139 Å². The van der Waals surface area contributed by atoms with E-state index >= 15 is 0 Å². The molecule has 0 fully saturated rings. The first-order valence-electron chi connectivity index (χ1n) is 16.0. The second-order valence-corrected chi connectivity index (χ2v) is 11.9. The van der Waals surface area contributed by atoms with Gasteiger partial charge in [-0.1, -0.05) is 26.3 Å². The highest BCUT2D eigenvalue weighted by Crippen LogP contribution is 2.19. The van der Waals surface area contributed by atoms with Crippen molar-refractivity contribution in [2.24, 2.45) is 0 Å². The predicted octanol–water partition coefficient (Wildman–Crippen LogP) is -1.57. The summed E-state index contributed by atoms with van der Waals surface area (Å²) < 4.78 is 42.7. The minimum atomic E-state index is -1.76. The molecule has 0 aliphatic rings. The minimum Gasteiger partial charge on any atom is -0.460 e. The van der Waals surface area contributed by atoms with Gasteiger partial charge in [0, 0.05) is 22.3 Å². The molecule has 0 spiro atoms. The molecule has 18 heteroatoms. The van der Waals surface area contributed by atoms with E-state index in [2.05, 4.69) is 26.3 Å². The van der Waals surface area contributed by atoms with E-state index in [1.165, 1.54) is 27.7 Å². The summed E-state index contributed by atoms with van der Waals surface area (Å²) in [6, 6.07) is 0. The first-order valence-corrected chi connectivity index (χ1v) is 16.0. The number of ether oxygens (including phenoxy) is 8. The van der Waals surface area contributed by atoms with Crippen LogP contribution < -0.4 is 0 Å². The van der Waals surface area contributed by atoms with Crippen molar-refractivity contribution in [3.05, 3.63) is 48.6 Å². The maximum Gasteiger partial charge on any atom is 0.333 e. The topological polar surface area (TPSA) is 263 Å². The van der Waals surface area contributed by atoms with E-state index in [9.17, 15) is 49.8 Å². The van der Waals surface area contributed by atoms with Gasteiger partial charge in [-0.25, -0.2) is 19.2 Å². The van der Waals surface area contributed by atoms with Crippen molar-refractivity contribution < 1.29 is 87.7 Å². The summed E-state index contributed by atoms with van der Waals surface area (Å²) >= 11 is 0. The molecule has 0 heterocycles. The van der Waals surface area contributed by atoms with Crippen LogP contribution in [0.1, 0.15) is 27.7 Å². The van der Waals surface area contributed by atoms with E-state index in [1.807, 2.05) is 0 Å². The van der Waals surface area contributed by atoms with E-state index in [4.69, 9.17) is 37.9 Å². The number of carbonyl (C=O) groups is 4. The Kier molecular flexibility index (Phi) is 24.4. The molecule has 18 nitrogen and oxygen atoms in total. The summed E-state index contributed by atoms with van der Waals surface area (Å²) in [4.78, 5) is 47.1. The summed E-state index contributed by atoms with van der Waals surface area (Å²) in [6.45, 7) is 13.6. The third kappa shape index (κ3) is 21.1. The zero-order chi connectivity index (χ0) is 40.0. The SMILES string of the molecule is C=C(C)C(=O)OCC(O)COC[C@@H](OCC(O)COC(=O)C(=C)C)[C@@H](OCC(O)COC(=O)C(=C)C)[C@H](OCC(O)COC(=O)C(=C)C)[C@H](O)CO. The van der Waals surface area contributed by atoms with Crippen LogP contribution in [0, 0.1) is 0 Å². The Hall–Kier alpha value is -3.56. The van der Waals surface area contributed by atoms with Crippen LogP contribution in [-0.2, 0) is 57.1 Å². The molecule has 298 valence electrons. The second kappa shape index (κ2) is 26.2. The Morgan fingerprint density at radius 1 is 0.462 bits per heavy atom. The normalized spacial score (nSPS) is 15.8. The largest absolute Gasteiger partial charge is 0.460 e. The van der Waals surface area contributed by atoms with Crippen LogP contribution in [0.25, 0.3) is 0 Å². The summed E-state index contributed by atoms with van der Waals surface area (Å²) in [5.74, 6) is -3.12. The number of hydrogen-bond donors (Lipinski definition) is 6. The molecule has 0 aromatic rings. The number of aliphatic hydroxyl groups excluding tert-OH is 6.